The number of hydrogen-bond donors (Lipinski definition) is 3. The molecular weight excluding hydrogens is 426 g/mol. The monoisotopic (exact) mass is 465 g/mol. The van der Waals surface area contributed by atoms with E-state index < -0.39 is 12.3 Å². The summed E-state index contributed by atoms with van der Waals surface area (Å²) in [5.41, 5.74) is 3.80. The van der Waals surface area contributed by atoms with Gasteiger partial charge in [-0.3, -0.25) is 9.69 Å². The summed E-state index contributed by atoms with van der Waals surface area (Å²) in [6.07, 6.45) is 3.68. The van der Waals surface area contributed by atoms with Gasteiger partial charge in [-0.1, -0.05) is 83.4 Å². The molecule has 6 nitrogen and oxygen atoms in total. The van der Waals surface area contributed by atoms with Gasteiger partial charge >= 0.3 is 6.09 Å². The summed E-state index contributed by atoms with van der Waals surface area (Å²) in [6.45, 7) is 8.17. The van der Waals surface area contributed by atoms with Gasteiger partial charge in [-0.2, -0.15) is 0 Å². The highest BCUT2D eigenvalue weighted by molar-refractivity contribution is 5.95. The van der Waals surface area contributed by atoms with Crippen LogP contribution in [0.3, 0.4) is 0 Å². The molecule has 2 aromatic carbocycles. The zero-order chi connectivity index (χ0) is 24.7. The lowest BCUT2D eigenvalue weighted by Gasteiger charge is -2.38. The van der Waals surface area contributed by atoms with Crippen LogP contribution in [0.25, 0.3) is 0 Å². The molecule has 6 heteroatoms. The molecule has 1 aliphatic carbocycles. The van der Waals surface area contributed by atoms with Gasteiger partial charge in [-0.05, 0) is 53.9 Å². The Labute approximate surface area is 203 Å². The number of amides is 2. The van der Waals surface area contributed by atoms with E-state index >= 15 is 0 Å². The number of nitrogens with one attached hydrogen (secondary N) is 2. The minimum absolute atomic E-state index is 0.159. The minimum atomic E-state index is -1.09. The van der Waals surface area contributed by atoms with Crippen LogP contribution in [0.15, 0.2) is 48.5 Å². The van der Waals surface area contributed by atoms with Gasteiger partial charge in [0, 0.05) is 11.4 Å². The van der Waals surface area contributed by atoms with Crippen LogP contribution >= 0.6 is 0 Å². The molecule has 34 heavy (non-hydrogen) atoms. The molecule has 1 atom stereocenters. The van der Waals surface area contributed by atoms with E-state index in [1.54, 1.807) is 0 Å². The number of benzene rings is 2. The predicted octanol–water partition coefficient (Wildman–Crippen LogP) is 6.87. The number of carbonyl (C=O) groups excluding carboxylic acids is 1. The van der Waals surface area contributed by atoms with E-state index in [0.717, 1.165) is 48.2 Å². The van der Waals surface area contributed by atoms with Crippen LogP contribution in [0.5, 0.6) is 0 Å². The van der Waals surface area contributed by atoms with Gasteiger partial charge in [0.2, 0.25) is 5.91 Å². The van der Waals surface area contributed by atoms with E-state index in [4.69, 9.17) is 0 Å². The molecule has 0 spiro atoms. The summed E-state index contributed by atoms with van der Waals surface area (Å²) >= 11 is 0. The standard InChI is InChI=1S/C28H39N3O3/c1-19(2)23-16-11-17-24(20(3)4)26(23)30-25(32)18-31(28(33)34)27(21-12-7-5-8-13-21)29-22-14-9-6-10-15-22/h6,9-11,14-17,19-21,27,29H,5,7-8,12-13,18H2,1-4H3,(H,30,32)(H,33,34). The van der Waals surface area contributed by atoms with Gasteiger partial charge in [0.05, 0.1) is 0 Å². The molecule has 0 aliphatic heterocycles. The van der Waals surface area contributed by atoms with Crippen molar-refractivity contribution in [3.8, 4) is 0 Å². The van der Waals surface area contributed by atoms with Crippen molar-refractivity contribution in [3.63, 3.8) is 0 Å². The topological polar surface area (TPSA) is 81.7 Å². The fourth-order valence-corrected chi connectivity index (χ4v) is 4.92. The highest BCUT2D eigenvalue weighted by atomic mass is 16.4. The zero-order valence-electron chi connectivity index (χ0n) is 20.9. The number of nitrogens with zero attached hydrogens (tertiary/aromatic N) is 1. The molecule has 2 aromatic rings. The first-order valence-electron chi connectivity index (χ1n) is 12.5. The van der Waals surface area contributed by atoms with Gasteiger partial charge in [0.25, 0.3) is 0 Å². The third kappa shape index (κ3) is 6.52. The van der Waals surface area contributed by atoms with Crippen molar-refractivity contribution in [2.24, 2.45) is 5.92 Å². The Bertz CT molecular complexity index is 926. The lowest BCUT2D eigenvalue weighted by Crippen LogP contribution is -2.52. The van der Waals surface area contributed by atoms with Crippen LogP contribution in [0.1, 0.15) is 82.8 Å². The van der Waals surface area contributed by atoms with E-state index in [2.05, 4.69) is 38.3 Å². The largest absolute Gasteiger partial charge is 0.465 e. The smallest absolute Gasteiger partial charge is 0.409 e. The Morgan fingerprint density at radius 2 is 1.50 bits per heavy atom. The Balaban J connectivity index is 1.86. The second kappa shape index (κ2) is 11.9. The summed E-state index contributed by atoms with van der Waals surface area (Å²) in [6, 6.07) is 15.7. The quantitative estimate of drug-likeness (QED) is 0.353. The Morgan fingerprint density at radius 1 is 0.912 bits per heavy atom. The third-order valence-electron chi connectivity index (χ3n) is 6.72. The maximum Gasteiger partial charge on any atom is 0.409 e. The van der Waals surface area contributed by atoms with Gasteiger partial charge in [-0.25, -0.2) is 4.79 Å². The third-order valence-corrected chi connectivity index (χ3v) is 6.72. The normalized spacial score (nSPS) is 15.2. The second-order valence-electron chi connectivity index (χ2n) is 9.93. The number of carbonyl (C=O) groups is 2. The van der Waals surface area contributed by atoms with Crippen molar-refractivity contribution in [2.45, 2.75) is 77.8 Å². The van der Waals surface area contributed by atoms with Crippen molar-refractivity contribution in [2.75, 3.05) is 17.2 Å². The average Bonchev–Trinajstić information content (AvgIpc) is 2.82. The molecule has 0 heterocycles. The molecule has 1 fully saturated rings. The minimum Gasteiger partial charge on any atom is -0.465 e. The molecule has 1 saturated carbocycles. The molecule has 1 aliphatic rings. The molecule has 0 aromatic heterocycles. The maximum absolute atomic E-state index is 13.3. The van der Waals surface area contributed by atoms with Crippen LogP contribution in [0.2, 0.25) is 0 Å². The fraction of sp³-hybridized carbons (Fsp3) is 0.500. The van der Waals surface area contributed by atoms with Crippen molar-refractivity contribution in [3.05, 3.63) is 59.7 Å². The lowest BCUT2D eigenvalue weighted by atomic mass is 9.86. The van der Waals surface area contributed by atoms with Gasteiger partial charge < -0.3 is 15.7 Å². The number of carboxylic acid groups (broad SMARTS) is 1. The summed E-state index contributed by atoms with van der Waals surface area (Å²) < 4.78 is 0. The van der Waals surface area contributed by atoms with E-state index in [-0.39, 0.29) is 30.2 Å². The number of hydrogen-bond acceptors (Lipinski definition) is 3. The van der Waals surface area contributed by atoms with Gasteiger partial charge in [-0.15, -0.1) is 0 Å². The number of rotatable bonds is 9. The summed E-state index contributed by atoms with van der Waals surface area (Å²) in [7, 11) is 0. The summed E-state index contributed by atoms with van der Waals surface area (Å²) in [5, 5.41) is 16.7. The highest BCUT2D eigenvalue weighted by Gasteiger charge is 2.33. The second-order valence-corrected chi connectivity index (χ2v) is 9.93. The maximum atomic E-state index is 13.3. The van der Waals surface area contributed by atoms with Gasteiger partial charge in [0.1, 0.15) is 12.7 Å². The highest BCUT2D eigenvalue weighted by Crippen LogP contribution is 2.33. The first-order valence-corrected chi connectivity index (χ1v) is 12.5. The van der Waals surface area contributed by atoms with Crippen LogP contribution in [0.4, 0.5) is 16.2 Å². The van der Waals surface area contributed by atoms with Gasteiger partial charge in [0.15, 0.2) is 0 Å². The van der Waals surface area contributed by atoms with E-state index in [9.17, 15) is 14.7 Å². The van der Waals surface area contributed by atoms with E-state index in [1.807, 2.05) is 48.5 Å². The predicted molar refractivity (Wildman–Crippen MR) is 138 cm³/mol. The molecule has 2 amide bonds. The molecule has 3 N–H and O–H groups in total. The summed E-state index contributed by atoms with van der Waals surface area (Å²) in [5.74, 6) is 0.318. The Kier molecular flexibility index (Phi) is 8.97. The molecule has 184 valence electrons. The van der Waals surface area contributed by atoms with Crippen molar-refractivity contribution < 1.29 is 14.7 Å². The molecule has 3 rings (SSSR count). The molecular formula is C28H39N3O3. The summed E-state index contributed by atoms with van der Waals surface area (Å²) in [4.78, 5) is 27.0. The van der Waals surface area contributed by atoms with Crippen molar-refractivity contribution in [1.29, 1.82) is 0 Å². The first-order chi connectivity index (χ1) is 16.3. The van der Waals surface area contributed by atoms with Crippen molar-refractivity contribution >= 4 is 23.4 Å². The molecule has 1 unspecified atom stereocenters. The average molecular weight is 466 g/mol. The van der Waals surface area contributed by atoms with Crippen LogP contribution < -0.4 is 10.6 Å². The van der Waals surface area contributed by atoms with Crippen LogP contribution in [-0.2, 0) is 4.79 Å². The van der Waals surface area contributed by atoms with Crippen molar-refractivity contribution in [1.82, 2.24) is 4.90 Å². The number of anilines is 2. The Morgan fingerprint density at radius 3 is 2.03 bits per heavy atom. The molecule has 0 bridgehead atoms. The van der Waals surface area contributed by atoms with Crippen LogP contribution in [-0.4, -0.2) is 34.7 Å². The molecule has 0 saturated heterocycles. The molecule has 0 radical (unpaired) electrons. The SMILES string of the molecule is CC(C)c1cccc(C(C)C)c1NC(=O)CN(C(=O)O)C(Nc1ccccc1)C1CCCCC1. The van der Waals surface area contributed by atoms with E-state index in [1.165, 1.54) is 11.3 Å². The zero-order valence-corrected chi connectivity index (χ0v) is 20.9. The lowest BCUT2D eigenvalue weighted by molar-refractivity contribution is -0.117. The van der Waals surface area contributed by atoms with E-state index in [0.29, 0.717) is 0 Å². The number of para-hydroxylation sites is 2. The first kappa shape index (κ1) is 25.6. The Hall–Kier alpha value is -3.02. The van der Waals surface area contributed by atoms with Crippen LogP contribution in [0, 0.1) is 5.92 Å². The fourth-order valence-electron chi connectivity index (χ4n) is 4.92.